The Labute approximate surface area is 166 Å². The van der Waals surface area contributed by atoms with E-state index in [0.717, 1.165) is 15.9 Å². The van der Waals surface area contributed by atoms with Crippen molar-refractivity contribution < 1.29 is 26.4 Å². The molecule has 1 aliphatic carbocycles. The molecular weight excluding hydrogens is 403 g/mol. The third-order valence-electron chi connectivity index (χ3n) is 5.69. The number of nitrogens with zero attached hydrogens (tertiary/aromatic N) is 1. The standard InChI is InChI=1S/C21H18F3NO3S/c1-14-7-9-18(10-8-14)29(27,28)25-13-16-11-17(26)12-20(16,21(22,23)24)19(25)15-5-3-2-4-6-15/h2-11,19H,12-13H2,1H3/t19?,20-/m0/s1. The fraction of sp³-hybridized carbons (Fsp3) is 0.286. The van der Waals surface area contributed by atoms with Crippen LogP contribution in [0.3, 0.4) is 0 Å². The summed E-state index contributed by atoms with van der Waals surface area (Å²) in [6.45, 7) is 1.32. The van der Waals surface area contributed by atoms with E-state index in [9.17, 15) is 26.4 Å². The number of sulfonamides is 1. The number of benzene rings is 2. The number of aryl methyl sites for hydroxylation is 1. The van der Waals surface area contributed by atoms with Crippen molar-refractivity contribution in [3.63, 3.8) is 0 Å². The molecule has 1 aliphatic heterocycles. The molecule has 4 rings (SSSR count). The summed E-state index contributed by atoms with van der Waals surface area (Å²) in [6, 6.07) is 12.2. The summed E-state index contributed by atoms with van der Waals surface area (Å²) in [5, 5.41) is 0. The topological polar surface area (TPSA) is 54.5 Å². The van der Waals surface area contributed by atoms with E-state index in [1.165, 1.54) is 24.3 Å². The van der Waals surface area contributed by atoms with Crippen molar-refractivity contribution in [1.29, 1.82) is 0 Å². The van der Waals surface area contributed by atoms with Crippen molar-refractivity contribution in [1.82, 2.24) is 4.31 Å². The molecule has 152 valence electrons. The van der Waals surface area contributed by atoms with E-state index in [1.807, 2.05) is 0 Å². The highest BCUT2D eigenvalue weighted by atomic mass is 32.2. The zero-order valence-electron chi connectivity index (χ0n) is 15.5. The zero-order valence-corrected chi connectivity index (χ0v) is 16.3. The van der Waals surface area contributed by atoms with Crippen LogP contribution >= 0.6 is 0 Å². The molecule has 0 amide bonds. The number of halogens is 3. The summed E-state index contributed by atoms with van der Waals surface area (Å²) < 4.78 is 70.9. The minimum absolute atomic E-state index is 0.0757. The van der Waals surface area contributed by atoms with Crippen molar-refractivity contribution in [2.45, 2.75) is 30.5 Å². The molecule has 4 nitrogen and oxygen atoms in total. The van der Waals surface area contributed by atoms with E-state index in [1.54, 1.807) is 37.3 Å². The summed E-state index contributed by atoms with van der Waals surface area (Å²) in [7, 11) is -4.23. The number of hydrogen-bond donors (Lipinski definition) is 0. The summed E-state index contributed by atoms with van der Waals surface area (Å²) >= 11 is 0. The third-order valence-corrected chi connectivity index (χ3v) is 7.52. The van der Waals surface area contributed by atoms with Gasteiger partial charge in [0.2, 0.25) is 10.0 Å². The summed E-state index contributed by atoms with van der Waals surface area (Å²) in [5.74, 6) is -0.634. The smallest absolute Gasteiger partial charge is 0.295 e. The van der Waals surface area contributed by atoms with Crippen LogP contribution in [0.1, 0.15) is 23.6 Å². The summed E-state index contributed by atoms with van der Waals surface area (Å²) in [6.07, 6.45) is -4.61. The number of carbonyl (C=O) groups is 1. The maximum atomic E-state index is 14.4. The SMILES string of the molecule is Cc1ccc(S(=O)(=O)N2CC3=CC(=O)C[C@@]3(C(F)(F)F)C2c2ccccc2)cc1. The molecule has 1 saturated heterocycles. The molecule has 0 bridgehead atoms. The number of fused-ring (bicyclic) bond motifs is 1. The number of allylic oxidation sites excluding steroid dienone is 1. The number of carbonyl (C=O) groups excluding carboxylic acids is 1. The molecule has 1 unspecified atom stereocenters. The van der Waals surface area contributed by atoms with Crippen LogP contribution in [0.5, 0.6) is 0 Å². The molecule has 8 heteroatoms. The van der Waals surface area contributed by atoms with Crippen LogP contribution in [-0.2, 0) is 14.8 Å². The molecule has 29 heavy (non-hydrogen) atoms. The summed E-state index contributed by atoms with van der Waals surface area (Å²) in [5.41, 5.74) is -1.71. The monoisotopic (exact) mass is 421 g/mol. The molecular formula is C21H18F3NO3S. The molecule has 1 fully saturated rings. The molecule has 2 atom stereocenters. The quantitative estimate of drug-likeness (QED) is 0.747. The largest absolute Gasteiger partial charge is 0.400 e. The van der Waals surface area contributed by atoms with Gasteiger partial charge in [-0.05, 0) is 36.3 Å². The maximum absolute atomic E-state index is 14.4. The van der Waals surface area contributed by atoms with Gasteiger partial charge in [0.05, 0.1) is 10.9 Å². The van der Waals surface area contributed by atoms with Gasteiger partial charge in [0.25, 0.3) is 0 Å². The minimum atomic E-state index is -4.79. The highest BCUT2D eigenvalue weighted by molar-refractivity contribution is 7.89. The average molecular weight is 421 g/mol. The van der Waals surface area contributed by atoms with Crippen LogP contribution in [0.4, 0.5) is 13.2 Å². The normalized spacial score (nSPS) is 25.2. The van der Waals surface area contributed by atoms with Crippen molar-refractivity contribution in [2.24, 2.45) is 5.41 Å². The van der Waals surface area contributed by atoms with Crippen molar-refractivity contribution in [3.8, 4) is 0 Å². The van der Waals surface area contributed by atoms with Gasteiger partial charge < -0.3 is 0 Å². The van der Waals surface area contributed by atoms with Crippen LogP contribution in [0.2, 0.25) is 0 Å². The Kier molecular flexibility index (Phi) is 4.47. The summed E-state index contributed by atoms with van der Waals surface area (Å²) in [4.78, 5) is 11.9. The molecule has 2 aliphatic rings. The van der Waals surface area contributed by atoms with Crippen LogP contribution in [0.25, 0.3) is 0 Å². The third kappa shape index (κ3) is 2.93. The second-order valence-electron chi connectivity index (χ2n) is 7.46. The van der Waals surface area contributed by atoms with Crippen LogP contribution < -0.4 is 0 Å². The number of ketones is 1. The lowest BCUT2D eigenvalue weighted by atomic mass is 9.74. The van der Waals surface area contributed by atoms with Gasteiger partial charge in [-0.25, -0.2) is 8.42 Å². The van der Waals surface area contributed by atoms with Gasteiger partial charge in [-0.2, -0.15) is 17.5 Å². The van der Waals surface area contributed by atoms with E-state index in [-0.39, 0.29) is 16.0 Å². The molecule has 0 N–H and O–H groups in total. The zero-order chi connectivity index (χ0) is 21.0. The van der Waals surface area contributed by atoms with Gasteiger partial charge in [-0.1, -0.05) is 48.0 Å². The molecule has 1 heterocycles. The predicted molar refractivity (Wildman–Crippen MR) is 100 cm³/mol. The molecule has 0 spiro atoms. The lowest BCUT2D eigenvalue weighted by molar-refractivity contribution is -0.217. The highest BCUT2D eigenvalue weighted by Crippen LogP contribution is 2.64. The van der Waals surface area contributed by atoms with Gasteiger partial charge in [-0.15, -0.1) is 0 Å². The number of hydrogen-bond acceptors (Lipinski definition) is 3. The van der Waals surface area contributed by atoms with Gasteiger partial charge in [0, 0.05) is 13.0 Å². The molecule has 2 aromatic rings. The van der Waals surface area contributed by atoms with E-state index in [4.69, 9.17) is 0 Å². The Bertz CT molecular complexity index is 1090. The van der Waals surface area contributed by atoms with Crippen molar-refractivity contribution >= 4 is 15.8 Å². The van der Waals surface area contributed by atoms with Crippen LogP contribution in [0, 0.1) is 12.3 Å². The average Bonchev–Trinajstić information content (AvgIpc) is 3.15. The molecule has 2 aromatic carbocycles. The Balaban J connectivity index is 1.94. The Hall–Kier alpha value is -2.45. The first kappa shape index (κ1) is 19.8. The second-order valence-corrected chi connectivity index (χ2v) is 9.35. The van der Waals surface area contributed by atoms with Gasteiger partial charge in [0.1, 0.15) is 5.41 Å². The van der Waals surface area contributed by atoms with Gasteiger partial charge >= 0.3 is 6.18 Å². The Morgan fingerprint density at radius 3 is 2.24 bits per heavy atom. The van der Waals surface area contributed by atoms with E-state index >= 15 is 0 Å². The van der Waals surface area contributed by atoms with Crippen molar-refractivity contribution in [2.75, 3.05) is 6.54 Å². The highest BCUT2D eigenvalue weighted by Gasteiger charge is 2.70. The Morgan fingerprint density at radius 1 is 1.03 bits per heavy atom. The van der Waals surface area contributed by atoms with Crippen molar-refractivity contribution in [3.05, 3.63) is 77.4 Å². The Morgan fingerprint density at radius 2 is 1.66 bits per heavy atom. The molecule has 0 saturated carbocycles. The van der Waals surface area contributed by atoms with Crippen LogP contribution in [-0.4, -0.2) is 31.2 Å². The lowest BCUT2D eigenvalue weighted by Crippen LogP contribution is -2.44. The fourth-order valence-corrected chi connectivity index (χ4v) is 5.96. The van der Waals surface area contributed by atoms with Gasteiger partial charge in [-0.3, -0.25) is 4.79 Å². The van der Waals surface area contributed by atoms with E-state index < -0.39 is 46.4 Å². The second kappa shape index (κ2) is 6.53. The number of rotatable bonds is 3. The molecule has 0 aromatic heterocycles. The lowest BCUT2D eigenvalue weighted by Gasteiger charge is -2.37. The van der Waals surface area contributed by atoms with E-state index in [0.29, 0.717) is 0 Å². The minimum Gasteiger partial charge on any atom is -0.295 e. The van der Waals surface area contributed by atoms with E-state index in [2.05, 4.69) is 0 Å². The number of alkyl halides is 3. The first-order valence-corrected chi connectivity index (χ1v) is 10.5. The first-order chi connectivity index (χ1) is 13.6. The van der Waals surface area contributed by atoms with Gasteiger partial charge in [0.15, 0.2) is 5.78 Å². The maximum Gasteiger partial charge on any atom is 0.400 e. The van der Waals surface area contributed by atoms with Crippen LogP contribution in [0.15, 0.2) is 71.1 Å². The predicted octanol–water partition coefficient (Wildman–Crippen LogP) is 4.19. The fourth-order valence-electron chi connectivity index (χ4n) is 4.32. The molecule has 0 radical (unpaired) electrons. The first-order valence-electron chi connectivity index (χ1n) is 9.01.